The number of hydrogen-bond acceptors (Lipinski definition) is 3. The number of carbonyl (C=O) groups is 2. The van der Waals surface area contributed by atoms with Crippen molar-refractivity contribution >= 4 is 11.8 Å². The van der Waals surface area contributed by atoms with Crippen LogP contribution >= 0.6 is 0 Å². The summed E-state index contributed by atoms with van der Waals surface area (Å²) in [4.78, 5) is 26.9. The van der Waals surface area contributed by atoms with E-state index in [0.717, 1.165) is 5.06 Å². The summed E-state index contributed by atoms with van der Waals surface area (Å²) >= 11 is 0. The molecule has 0 aromatic heterocycles. The third-order valence-electron chi connectivity index (χ3n) is 2.11. The molecule has 2 atom stereocenters. The van der Waals surface area contributed by atoms with Gasteiger partial charge in [0, 0.05) is 11.8 Å². The molecule has 1 aliphatic rings. The summed E-state index contributed by atoms with van der Waals surface area (Å²) in [6, 6.07) is 0. The van der Waals surface area contributed by atoms with Gasteiger partial charge in [-0.1, -0.05) is 13.8 Å². The lowest BCUT2D eigenvalue weighted by Gasteiger charge is -2.08. The molecule has 0 aromatic rings. The molecule has 4 heteroatoms. The number of nitrogens with zero attached hydrogens (tertiary/aromatic N) is 1. The third kappa shape index (κ3) is 1.03. The molecule has 1 heterocycles. The molecular weight excluding hydrogens is 146 g/mol. The molecule has 4 nitrogen and oxygen atoms in total. The van der Waals surface area contributed by atoms with Crippen molar-refractivity contribution < 1.29 is 14.4 Å². The van der Waals surface area contributed by atoms with Crippen molar-refractivity contribution in [2.24, 2.45) is 11.8 Å². The summed E-state index contributed by atoms with van der Waals surface area (Å²) in [5.74, 6) is -0.986. The number of imide groups is 1. The lowest BCUT2D eigenvalue weighted by molar-refractivity contribution is -0.181. The molecule has 0 aliphatic carbocycles. The van der Waals surface area contributed by atoms with E-state index in [2.05, 4.69) is 4.84 Å². The van der Waals surface area contributed by atoms with Crippen LogP contribution in [0.5, 0.6) is 0 Å². The summed E-state index contributed by atoms with van der Waals surface area (Å²) in [6.45, 7) is 3.45. The van der Waals surface area contributed by atoms with E-state index in [0.29, 0.717) is 0 Å². The predicted octanol–water partition coefficient (Wildman–Crippen LogP) is 0.189. The molecule has 62 valence electrons. The van der Waals surface area contributed by atoms with E-state index in [4.69, 9.17) is 0 Å². The van der Waals surface area contributed by atoms with Gasteiger partial charge in [0.25, 0.3) is 11.8 Å². The second-order valence-corrected chi connectivity index (χ2v) is 2.73. The SMILES string of the molecule is CON1C(=O)C(C)C(C)C1=O. The Hall–Kier alpha value is -0.900. The molecule has 0 spiro atoms. The molecule has 1 saturated heterocycles. The van der Waals surface area contributed by atoms with Gasteiger partial charge in [-0.05, 0) is 0 Å². The van der Waals surface area contributed by atoms with Crippen molar-refractivity contribution in [3.63, 3.8) is 0 Å². The van der Waals surface area contributed by atoms with Gasteiger partial charge in [0.2, 0.25) is 0 Å². The molecule has 0 radical (unpaired) electrons. The lowest BCUT2D eigenvalue weighted by atomic mass is 10.00. The van der Waals surface area contributed by atoms with Crippen molar-refractivity contribution in [2.75, 3.05) is 7.11 Å². The number of hydrogen-bond donors (Lipinski definition) is 0. The average molecular weight is 157 g/mol. The van der Waals surface area contributed by atoms with Crippen molar-refractivity contribution in [1.82, 2.24) is 5.06 Å². The van der Waals surface area contributed by atoms with Crippen molar-refractivity contribution in [3.8, 4) is 0 Å². The molecule has 2 unspecified atom stereocenters. The fraction of sp³-hybridized carbons (Fsp3) is 0.714. The smallest absolute Gasteiger partial charge is 0.257 e. The third-order valence-corrected chi connectivity index (χ3v) is 2.11. The minimum atomic E-state index is -0.248. The van der Waals surface area contributed by atoms with Crippen LogP contribution in [0.2, 0.25) is 0 Å². The van der Waals surface area contributed by atoms with E-state index < -0.39 is 0 Å². The maximum atomic E-state index is 11.1. The van der Waals surface area contributed by atoms with E-state index in [1.54, 1.807) is 13.8 Å². The number of amides is 2. The van der Waals surface area contributed by atoms with Gasteiger partial charge in [-0.3, -0.25) is 14.4 Å². The largest absolute Gasteiger partial charge is 0.272 e. The number of carbonyl (C=O) groups excluding carboxylic acids is 2. The normalized spacial score (nSPS) is 31.7. The van der Waals surface area contributed by atoms with Gasteiger partial charge in [0.15, 0.2) is 0 Å². The molecule has 0 bridgehead atoms. The van der Waals surface area contributed by atoms with Crippen LogP contribution in [-0.4, -0.2) is 24.0 Å². The summed E-state index contributed by atoms with van der Waals surface area (Å²) in [7, 11) is 1.32. The summed E-state index contributed by atoms with van der Waals surface area (Å²) < 4.78 is 0. The molecule has 2 amide bonds. The Bertz CT molecular complexity index is 182. The average Bonchev–Trinajstić information content (AvgIpc) is 2.17. The van der Waals surface area contributed by atoms with Crippen molar-refractivity contribution in [2.45, 2.75) is 13.8 Å². The monoisotopic (exact) mass is 157 g/mol. The summed E-state index contributed by atoms with van der Waals surface area (Å²) in [6.07, 6.45) is 0. The van der Waals surface area contributed by atoms with E-state index in [1.807, 2.05) is 0 Å². The molecule has 1 fully saturated rings. The first-order valence-electron chi connectivity index (χ1n) is 3.51. The standard InChI is InChI=1S/C7H11NO3/c1-4-5(2)7(10)8(11-3)6(4)9/h4-5H,1-3H3. The van der Waals surface area contributed by atoms with Crippen LogP contribution in [0.1, 0.15) is 13.8 Å². The Balaban J connectivity index is 2.86. The van der Waals surface area contributed by atoms with Gasteiger partial charge in [-0.25, -0.2) is 0 Å². The van der Waals surface area contributed by atoms with Crippen LogP contribution in [0.15, 0.2) is 0 Å². The molecule has 0 aromatic carbocycles. The fourth-order valence-electron chi connectivity index (χ4n) is 1.09. The van der Waals surface area contributed by atoms with Gasteiger partial charge < -0.3 is 0 Å². The second-order valence-electron chi connectivity index (χ2n) is 2.73. The lowest BCUT2D eigenvalue weighted by Crippen LogP contribution is -2.29. The maximum Gasteiger partial charge on any atom is 0.257 e. The van der Waals surface area contributed by atoms with Gasteiger partial charge in [-0.2, -0.15) is 5.06 Å². The maximum absolute atomic E-state index is 11.1. The zero-order valence-corrected chi connectivity index (χ0v) is 6.83. The Morgan fingerprint density at radius 2 is 1.55 bits per heavy atom. The fourth-order valence-corrected chi connectivity index (χ4v) is 1.09. The van der Waals surface area contributed by atoms with E-state index >= 15 is 0 Å². The van der Waals surface area contributed by atoms with Gasteiger partial charge in [-0.15, -0.1) is 0 Å². The molecule has 0 saturated carbocycles. The highest BCUT2D eigenvalue weighted by Crippen LogP contribution is 2.24. The predicted molar refractivity (Wildman–Crippen MR) is 37.2 cm³/mol. The zero-order chi connectivity index (χ0) is 8.59. The van der Waals surface area contributed by atoms with Crippen LogP contribution in [0, 0.1) is 11.8 Å². The first kappa shape index (κ1) is 8.20. The first-order valence-corrected chi connectivity index (χ1v) is 3.51. The number of hydroxylamine groups is 2. The topological polar surface area (TPSA) is 46.6 Å². The van der Waals surface area contributed by atoms with Crippen LogP contribution in [0.4, 0.5) is 0 Å². The van der Waals surface area contributed by atoms with Crippen LogP contribution in [0.3, 0.4) is 0 Å². The van der Waals surface area contributed by atoms with Gasteiger partial charge in [0.05, 0.1) is 7.11 Å². The Kier molecular flexibility index (Phi) is 1.95. The second kappa shape index (κ2) is 2.62. The van der Waals surface area contributed by atoms with E-state index in [-0.39, 0.29) is 23.7 Å². The van der Waals surface area contributed by atoms with E-state index in [9.17, 15) is 9.59 Å². The van der Waals surface area contributed by atoms with Gasteiger partial charge >= 0.3 is 0 Å². The quantitative estimate of drug-likeness (QED) is 0.510. The highest BCUT2D eigenvalue weighted by atomic mass is 16.7. The zero-order valence-electron chi connectivity index (χ0n) is 6.83. The minimum Gasteiger partial charge on any atom is -0.272 e. The molecule has 0 N–H and O–H groups in total. The molecule has 1 aliphatic heterocycles. The highest BCUT2D eigenvalue weighted by molar-refractivity contribution is 6.03. The van der Waals surface area contributed by atoms with Crippen LogP contribution in [-0.2, 0) is 14.4 Å². The number of rotatable bonds is 1. The Labute approximate surface area is 65.1 Å². The van der Waals surface area contributed by atoms with Crippen molar-refractivity contribution in [3.05, 3.63) is 0 Å². The molecule has 11 heavy (non-hydrogen) atoms. The Morgan fingerprint density at radius 1 is 1.18 bits per heavy atom. The molecular formula is C7H11NO3. The van der Waals surface area contributed by atoms with Crippen molar-refractivity contribution in [1.29, 1.82) is 0 Å². The van der Waals surface area contributed by atoms with Crippen LogP contribution in [0.25, 0.3) is 0 Å². The first-order chi connectivity index (χ1) is 5.09. The minimum absolute atomic E-state index is 0.245. The summed E-state index contributed by atoms with van der Waals surface area (Å²) in [5.41, 5.74) is 0. The van der Waals surface area contributed by atoms with E-state index in [1.165, 1.54) is 7.11 Å². The van der Waals surface area contributed by atoms with Crippen LogP contribution < -0.4 is 0 Å². The summed E-state index contributed by atoms with van der Waals surface area (Å²) in [5, 5.41) is 0.829. The highest BCUT2D eigenvalue weighted by Gasteiger charge is 2.42. The van der Waals surface area contributed by atoms with Gasteiger partial charge in [0.1, 0.15) is 0 Å². The molecule has 1 rings (SSSR count). The Morgan fingerprint density at radius 3 is 1.73 bits per heavy atom.